The summed E-state index contributed by atoms with van der Waals surface area (Å²) in [6.07, 6.45) is 3.86. The third kappa shape index (κ3) is 2.69. The molecule has 2 N–H and O–H groups in total. The van der Waals surface area contributed by atoms with E-state index in [0.717, 1.165) is 22.5 Å². The largest absolute Gasteiger partial charge is 0.399 e. The molecule has 0 saturated heterocycles. The maximum atomic E-state index is 5.73. The molecule has 0 saturated carbocycles. The monoisotopic (exact) mass is 293 g/mol. The molecule has 0 fully saturated rings. The maximum absolute atomic E-state index is 5.73. The van der Waals surface area contributed by atoms with Crippen LogP contribution in [0.5, 0.6) is 0 Å². The summed E-state index contributed by atoms with van der Waals surface area (Å²) < 4.78 is 3.21. The number of rotatable bonds is 3. The van der Waals surface area contributed by atoms with Crippen LogP contribution < -0.4 is 5.73 Å². The number of nitrogen functional groups attached to an aromatic ring is 1. The van der Waals surface area contributed by atoms with Crippen LogP contribution in [0.25, 0.3) is 0 Å². The topological polar surface area (TPSA) is 43.8 Å². The molecule has 1 aromatic carbocycles. The number of halogens is 1. The van der Waals surface area contributed by atoms with Gasteiger partial charge in [0.25, 0.3) is 0 Å². The molecule has 0 aliphatic rings. The van der Waals surface area contributed by atoms with E-state index >= 15 is 0 Å². The van der Waals surface area contributed by atoms with E-state index in [0.29, 0.717) is 5.92 Å². The lowest BCUT2D eigenvalue weighted by Crippen LogP contribution is -2.06. The molecule has 90 valence electrons. The van der Waals surface area contributed by atoms with Gasteiger partial charge >= 0.3 is 0 Å². The van der Waals surface area contributed by atoms with Gasteiger partial charge in [-0.25, -0.2) is 4.98 Å². The zero-order chi connectivity index (χ0) is 12.4. The Kier molecular flexibility index (Phi) is 3.52. The van der Waals surface area contributed by atoms with Crippen LogP contribution in [0, 0.1) is 0 Å². The number of hydrogen-bond acceptors (Lipinski definition) is 2. The van der Waals surface area contributed by atoms with Crippen LogP contribution in [0.3, 0.4) is 0 Å². The van der Waals surface area contributed by atoms with E-state index in [1.165, 1.54) is 5.56 Å². The zero-order valence-electron chi connectivity index (χ0n) is 10.0. The first-order valence-electron chi connectivity index (χ1n) is 5.63. The molecule has 0 atom stereocenters. The van der Waals surface area contributed by atoms with Gasteiger partial charge in [-0.2, -0.15) is 0 Å². The van der Waals surface area contributed by atoms with E-state index in [1.54, 1.807) is 0 Å². The van der Waals surface area contributed by atoms with Gasteiger partial charge < -0.3 is 10.3 Å². The maximum Gasteiger partial charge on any atom is 0.111 e. The lowest BCUT2D eigenvalue weighted by molar-refractivity contribution is 0.668. The summed E-state index contributed by atoms with van der Waals surface area (Å²) in [7, 11) is 0. The minimum atomic E-state index is 0.428. The summed E-state index contributed by atoms with van der Waals surface area (Å²) >= 11 is 3.54. The molecule has 17 heavy (non-hydrogen) atoms. The van der Waals surface area contributed by atoms with Gasteiger partial charge in [-0.15, -0.1) is 0 Å². The quantitative estimate of drug-likeness (QED) is 0.882. The molecule has 0 spiro atoms. The first-order valence-corrected chi connectivity index (χ1v) is 6.42. The first kappa shape index (κ1) is 12.2. The zero-order valence-corrected chi connectivity index (χ0v) is 11.6. The summed E-state index contributed by atoms with van der Waals surface area (Å²) in [6, 6.07) is 5.90. The summed E-state index contributed by atoms with van der Waals surface area (Å²) in [5.41, 5.74) is 7.71. The Balaban J connectivity index is 2.28. The molecule has 3 nitrogen and oxygen atoms in total. The van der Waals surface area contributed by atoms with E-state index in [-0.39, 0.29) is 0 Å². The van der Waals surface area contributed by atoms with E-state index < -0.39 is 0 Å². The third-order valence-corrected chi connectivity index (χ3v) is 3.42. The summed E-state index contributed by atoms with van der Waals surface area (Å²) in [4.78, 5) is 4.38. The van der Waals surface area contributed by atoms with Crippen molar-refractivity contribution in [2.24, 2.45) is 0 Å². The summed E-state index contributed by atoms with van der Waals surface area (Å²) in [6.45, 7) is 5.11. The number of imidazole rings is 1. The number of hydrogen-bond donors (Lipinski definition) is 1. The molecule has 1 aromatic heterocycles. The second-order valence-corrected chi connectivity index (χ2v) is 5.27. The van der Waals surface area contributed by atoms with Crippen molar-refractivity contribution in [2.75, 3.05) is 5.73 Å². The first-order chi connectivity index (χ1) is 8.08. The molecule has 2 rings (SSSR count). The van der Waals surface area contributed by atoms with Crippen molar-refractivity contribution in [3.8, 4) is 0 Å². The van der Waals surface area contributed by atoms with Crippen LogP contribution in [0.4, 0.5) is 5.69 Å². The SMILES string of the molecule is CC(C)c1nccn1Cc1ccc(N)cc1Br. The highest BCUT2D eigenvalue weighted by Crippen LogP contribution is 2.22. The molecule has 4 heteroatoms. The minimum absolute atomic E-state index is 0.428. The third-order valence-electron chi connectivity index (χ3n) is 2.68. The number of nitrogens with zero attached hydrogens (tertiary/aromatic N) is 2. The van der Waals surface area contributed by atoms with Gasteiger partial charge in [0.1, 0.15) is 5.82 Å². The van der Waals surface area contributed by atoms with Crippen molar-refractivity contribution in [1.82, 2.24) is 9.55 Å². The normalized spacial score (nSPS) is 11.1. The molecule has 2 aromatic rings. The molecule has 0 amide bonds. The van der Waals surface area contributed by atoms with Crippen molar-refractivity contribution in [3.63, 3.8) is 0 Å². The minimum Gasteiger partial charge on any atom is -0.399 e. The van der Waals surface area contributed by atoms with Gasteiger partial charge in [0.15, 0.2) is 0 Å². The predicted octanol–water partition coefficient (Wildman–Crippen LogP) is 3.40. The van der Waals surface area contributed by atoms with E-state index in [2.05, 4.69) is 39.3 Å². The van der Waals surface area contributed by atoms with Crippen molar-refractivity contribution in [1.29, 1.82) is 0 Å². The van der Waals surface area contributed by atoms with Crippen molar-refractivity contribution in [3.05, 3.63) is 46.5 Å². The Morgan fingerprint density at radius 3 is 2.82 bits per heavy atom. The smallest absolute Gasteiger partial charge is 0.111 e. The number of anilines is 1. The van der Waals surface area contributed by atoms with Crippen LogP contribution in [0.2, 0.25) is 0 Å². The highest BCUT2D eigenvalue weighted by atomic mass is 79.9. The Hall–Kier alpha value is -1.29. The molecule has 0 aliphatic carbocycles. The molecule has 1 heterocycles. The summed E-state index contributed by atoms with van der Waals surface area (Å²) in [5.74, 6) is 1.53. The Morgan fingerprint density at radius 2 is 2.18 bits per heavy atom. The van der Waals surface area contributed by atoms with E-state index in [9.17, 15) is 0 Å². The highest BCUT2D eigenvalue weighted by Gasteiger charge is 2.08. The van der Waals surface area contributed by atoms with Gasteiger partial charge in [0, 0.05) is 35.0 Å². The second kappa shape index (κ2) is 4.92. The Bertz CT molecular complexity index is 517. The number of aromatic nitrogens is 2. The Morgan fingerprint density at radius 1 is 1.41 bits per heavy atom. The van der Waals surface area contributed by atoms with Gasteiger partial charge in [-0.1, -0.05) is 35.8 Å². The van der Waals surface area contributed by atoms with E-state index in [1.807, 2.05) is 30.6 Å². The van der Waals surface area contributed by atoms with Crippen LogP contribution in [0.1, 0.15) is 31.2 Å². The lowest BCUT2D eigenvalue weighted by atomic mass is 10.2. The van der Waals surface area contributed by atoms with Gasteiger partial charge in [0.2, 0.25) is 0 Å². The molecule has 0 unspecified atom stereocenters. The molecule has 0 bridgehead atoms. The van der Waals surface area contributed by atoms with Crippen LogP contribution in [-0.4, -0.2) is 9.55 Å². The predicted molar refractivity (Wildman–Crippen MR) is 74.0 cm³/mol. The van der Waals surface area contributed by atoms with Crippen molar-refractivity contribution >= 4 is 21.6 Å². The lowest BCUT2D eigenvalue weighted by Gasteiger charge is -2.11. The van der Waals surface area contributed by atoms with Crippen LogP contribution in [0.15, 0.2) is 35.1 Å². The van der Waals surface area contributed by atoms with Gasteiger partial charge in [0.05, 0.1) is 0 Å². The standard InChI is InChI=1S/C13H16BrN3/c1-9(2)13-16-5-6-17(13)8-10-3-4-11(15)7-12(10)14/h3-7,9H,8,15H2,1-2H3. The number of benzene rings is 1. The fraction of sp³-hybridized carbons (Fsp3) is 0.308. The molecular weight excluding hydrogens is 278 g/mol. The average Bonchev–Trinajstić information content (AvgIpc) is 2.70. The van der Waals surface area contributed by atoms with Crippen LogP contribution >= 0.6 is 15.9 Å². The van der Waals surface area contributed by atoms with Crippen molar-refractivity contribution in [2.45, 2.75) is 26.3 Å². The highest BCUT2D eigenvalue weighted by molar-refractivity contribution is 9.10. The van der Waals surface area contributed by atoms with E-state index in [4.69, 9.17) is 5.73 Å². The van der Waals surface area contributed by atoms with Crippen LogP contribution in [-0.2, 0) is 6.54 Å². The van der Waals surface area contributed by atoms with Gasteiger partial charge in [-0.05, 0) is 17.7 Å². The Labute approximate surface area is 110 Å². The number of nitrogens with two attached hydrogens (primary N) is 1. The van der Waals surface area contributed by atoms with Crippen molar-refractivity contribution < 1.29 is 0 Å². The van der Waals surface area contributed by atoms with Gasteiger partial charge in [-0.3, -0.25) is 0 Å². The molecule has 0 aliphatic heterocycles. The summed E-state index contributed by atoms with van der Waals surface area (Å²) in [5, 5.41) is 0. The molecule has 0 radical (unpaired) electrons. The second-order valence-electron chi connectivity index (χ2n) is 4.42. The fourth-order valence-corrected chi connectivity index (χ4v) is 2.35. The fourth-order valence-electron chi connectivity index (χ4n) is 1.83. The average molecular weight is 294 g/mol. The molecular formula is C13H16BrN3.